The molecule has 1 unspecified atom stereocenters. The number of ketones is 1. The first-order valence-electron chi connectivity index (χ1n) is 5.29. The van der Waals surface area contributed by atoms with Crippen molar-refractivity contribution in [3.63, 3.8) is 0 Å². The van der Waals surface area contributed by atoms with Gasteiger partial charge in [-0.3, -0.25) is 4.79 Å². The molecule has 0 amide bonds. The summed E-state index contributed by atoms with van der Waals surface area (Å²) in [6.45, 7) is 0. The van der Waals surface area contributed by atoms with Gasteiger partial charge in [0.1, 0.15) is 0 Å². The molecular weight excluding hydrogens is 308 g/mol. The van der Waals surface area contributed by atoms with E-state index in [0.29, 0.717) is 10.6 Å². The zero-order valence-corrected chi connectivity index (χ0v) is 11.9. The van der Waals surface area contributed by atoms with Crippen LogP contribution in [0.3, 0.4) is 0 Å². The predicted octanol–water partition coefficient (Wildman–Crippen LogP) is 4.57. The number of Topliss-reactive ketones (excluding diaryl/α,β-unsaturated/α-hetero) is 1. The Balaban J connectivity index is 2.19. The maximum Gasteiger partial charge on any atom is 0.177 e. The number of thioether (sulfide) groups is 1. The summed E-state index contributed by atoms with van der Waals surface area (Å²) >= 11 is 11.2. The smallest absolute Gasteiger partial charge is 0.177 e. The molecule has 1 saturated heterocycles. The van der Waals surface area contributed by atoms with Crippen molar-refractivity contribution in [3.8, 4) is 0 Å². The number of rotatable bonds is 2. The van der Waals surface area contributed by atoms with Gasteiger partial charge in [-0.05, 0) is 36.8 Å². The van der Waals surface area contributed by atoms with Crippen molar-refractivity contribution in [2.24, 2.45) is 0 Å². The number of carbonyl (C=O) groups excluding carboxylic acids is 1. The average Bonchev–Trinajstić information content (AvgIpc) is 2.29. The Labute approximate surface area is 113 Å². The summed E-state index contributed by atoms with van der Waals surface area (Å²) in [4.78, 5) is 12.2. The third kappa shape index (κ3) is 2.82. The number of hydrogen-bond acceptors (Lipinski definition) is 2. The van der Waals surface area contributed by atoms with Gasteiger partial charge < -0.3 is 0 Å². The fourth-order valence-corrected chi connectivity index (χ4v) is 3.84. The second-order valence-corrected chi connectivity index (χ2v) is 6.48. The lowest BCUT2D eigenvalue weighted by Gasteiger charge is -2.20. The van der Waals surface area contributed by atoms with E-state index in [1.807, 2.05) is 12.1 Å². The lowest BCUT2D eigenvalue weighted by molar-refractivity contribution is 0.0985. The maximum atomic E-state index is 12.2. The van der Waals surface area contributed by atoms with Gasteiger partial charge in [0.25, 0.3) is 0 Å². The average molecular weight is 320 g/mol. The molecule has 0 N–H and O–H groups in total. The van der Waals surface area contributed by atoms with Crippen LogP contribution in [0.2, 0.25) is 5.02 Å². The van der Waals surface area contributed by atoms with E-state index >= 15 is 0 Å². The summed E-state index contributed by atoms with van der Waals surface area (Å²) in [5.74, 6) is 1.27. The van der Waals surface area contributed by atoms with Gasteiger partial charge in [0.15, 0.2) is 5.78 Å². The van der Waals surface area contributed by atoms with E-state index in [1.54, 1.807) is 17.8 Å². The lowest BCUT2D eigenvalue weighted by Crippen LogP contribution is -2.21. The highest BCUT2D eigenvalue weighted by Gasteiger charge is 2.24. The van der Waals surface area contributed by atoms with E-state index in [1.165, 1.54) is 6.42 Å². The molecule has 0 aromatic heterocycles. The minimum Gasteiger partial charge on any atom is -0.293 e. The standard InChI is InChI=1S/C12H12BrClOS/c13-8-4-5-9(10(14)7-8)12(15)11-3-1-2-6-16-11/h4-5,7,11H,1-3,6H2. The first-order chi connectivity index (χ1) is 7.68. The van der Waals surface area contributed by atoms with Gasteiger partial charge in [0.2, 0.25) is 0 Å². The van der Waals surface area contributed by atoms with Crippen LogP contribution in [0.5, 0.6) is 0 Å². The van der Waals surface area contributed by atoms with Gasteiger partial charge >= 0.3 is 0 Å². The molecule has 0 spiro atoms. The highest BCUT2D eigenvalue weighted by Crippen LogP contribution is 2.30. The summed E-state index contributed by atoms with van der Waals surface area (Å²) < 4.78 is 0.908. The Bertz CT molecular complexity index is 402. The van der Waals surface area contributed by atoms with Gasteiger partial charge in [-0.2, -0.15) is 11.8 Å². The third-order valence-electron chi connectivity index (χ3n) is 2.67. The molecule has 1 nitrogen and oxygen atoms in total. The molecule has 4 heteroatoms. The zero-order valence-electron chi connectivity index (χ0n) is 8.71. The second-order valence-electron chi connectivity index (χ2n) is 3.84. The molecule has 0 saturated carbocycles. The van der Waals surface area contributed by atoms with Crippen LogP contribution >= 0.6 is 39.3 Å². The molecule has 1 aromatic carbocycles. The molecule has 1 fully saturated rings. The van der Waals surface area contributed by atoms with E-state index in [4.69, 9.17) is 11.6 Å². The Morgan fingerprint density at radius 1 is 1.44 bits per heavy atom. The monoisotopic (exact) mass is 318 g/mol. The number of benzene rings is 1. The minimum absolute atomic E-state index is 0.104. The van der Waals surface area contributed by atoms with Crippen molar-refractivity contribution in [2.75, 3.05) is 5.75 Å². The van der Waals surface area contributed by atoms with Crippen molar-refractivity contribution >= 4 is 45.1 Å². The van der Waals surface area contributed by atoms with Crippen LogP contribution in [-0.4, -0.2) is 16.8 Å². The Morgan fingerprint density at radius 3 is 2.88 bits per heavy atom. The lowest BCUT2D eigenvalue weighted by atomic mass is 10.0. The Kier molecular flexibility index (Phi) is 4.34. The van der Waals surface area contributed by atoms with Crippen molar-refractivity contribution < 1.29 is 4.79 Å². The molecule has 1 heterocycles. The molecule has 1 aliphatic rings. The van der Waals surface area contributed by atoms with Crippen molar-refractivity contribution in [2.45, 2.75) is 24.5 Å². The summed E-state index contributed by atoms with van der Waals surface area (Å²) in [6, 6.07) is 5.46. The van der Waals surface area contributed by atoms with Crippen LogP contribution in [0.1, 0.15) is 29.6 Å². The molecular formula is C12H12BrClOS. The minimum atomic E-state index is 0.104. The quantitative estimate of drug-likeness (QED) is 0.743. The predicted molar refractivity (Wildman–Crippen MR) is 73.6 cm³/mol. The van der Waals surface area contributed by atoms with E-state index in [9.17, 15) is 4.79 Å². The Hall–Kier alpha value is 0.01000. The van der Waals surface area contributed by atoms with Crippen LogP contribution in [0, 0.1) is 0 Å². The summed E-state index contributed by atoms with van der Waals surface area (Å²) in [5, 5.41) is 0.651. The van der Waals surface area contributed by atoms with Gasteiger partial charge in [0.05, 0.1) is 10.3 Å². The summed E-state index contributed by atoms with van der Waals surface area (Å²) in [7, 11) is 0. The Morgan fingerprint density at radius 2 is 2.25 bits per heavy atom. The summed E-state index contributed by atoms with van der Waals surface area (Å²) in [6.07, 6.45) is 3.36. The van der Waals surface area contributed by atoms with Crippen LogP contribution < -0.4 is 0 Å². The van der Waals surface area contributed by atoms with Gasteiger partial charge in [-0.1, -0.05) is 34.0 Å². The van der Waals surface area contributed by atoms with E-state index in [0.717, 1.165) is 23.1 Å². The van der Waals surface area contributed by atoms with Crippen molar-refractivity contribution in [3.05, 3.63) is 33.3 Å². The van der Waals surface area contributed by atoms with Crippen LogP contribution in [0.4, 0.5) is 0 Å². The SMILES string of the molecule is O=C(c1ccc(Br)cc1Cl)C1CCCCS1. The van der Waals surface area contributed by atoms with Crippen molar-refractivity contribution in [1.29, 1.82) is 0 Å². The van der Waals surface area contributed by atoms with E-state index in [2.05, 4.69) is 15.9 Å². The van der Waals surface area contributed by atoms with Crippen LogP contribution in [0.25, 0.3) is 0 Å². The largest absolute Gasteiger partial charge is 0.293 e. The van der Waals surface area contributed by atoms with Gasteiger partial charge in [-0.15, -0.1) is 0 Å². The molecule has 0 bridgehead atoms. The highest BCUT2D eigenvalue weighted by molar-refractivity contribution is 9.10. The molecule has 1 aromatic rings. The zero-order chi connectivity index (χ0) is 11.5. The fraction of sp³-hybridized carbons (Fsp3) is 0.417. The number of carbonyl (C=O) groups is 1. The molecule has 1 aliphatic heterocycles. The molecule has 86 valence electrons. The second kappa shape index (κ2) is 5.56. The fourth-order valence-electron chi connectivity index (χ4n) is 1.81. The molecule has 0 radical (unpaired) electrons. The topological polar surface area (TPSA) is 17.1 Å². The van der Waals surface area contributed by atoms with Gasteiger partial charge in [-0.25, -0.2) is 0 Å². The third-order valence-corrected chi connectivity index (χ3v) is 4.85. The molecule has 0 aliphatic carbocycles. The van der Waals surface area contributed by atoms with Gasteiger partial charge in [0, 0.05) is 10.0 Å². The van der Waals surface area contributed by atoms with E-state index in [-0.39, 0.29) is 11.0 Å². The molecule has 16 heavy (non-hydrogen) atoms. The summed E-state index contributed by atoms with van der Waals surface area (Å²) in [5.41, 5.74) is 0.657. The number of halogens is 2. The molecule has 2 rings (SSSR count). The van der Waals surface area contributed by atoms with E-state index < -0.39 is 0 Å². The first-order valence-corrected chi connectivity index (χ1v) is 7.51. The maximum absolute atomic E-state index is 12.2. The first kappa shape index (κ1) is 12.5. The van der Waals surface area contributed by atoms with Crippen LogP contribution in [-0.2, 0) is 0 Å². The van der Waals surface area contributed by atoms with Crippen LogP contribution in [0.15, 0.2) is 22.7 Å². The normalized spacial score (nSPS) is 20.8. The molecule has 1 atom stereocenters. The van der Waals surface area contributed by atoms with Crippen molar-refractivity contribution in [1.82, 2.24) is 0 Å². The number of hydrogen-bond donors (Lipinski definition) is 0. The highest BCUT2D eigenvalue weighted by atomic mass is 79.9.